The quantitative estimate of drug-likeness (QED) is 0.402. The van der Waals surface area contributed by atoms with Gasteiger partial charge in [-0.2, -0.15) is 0 Å². The van der Waals surface area contributed by atoms with Gasteiger partial charge >= 0.3 is 0 Å². The molecule has 0 aliphatic carbocycles. The molecule has 27 heavy (non-hydrogen) atoms. The van der Waals surface area contributed by atoms with E-state index in [1.54, 1.807) is 7.11 Å². The van der Waals surface area contributed by atoms with E-state index < -0.39 is 0 Å². The zero-order chi connectivity index (χ0) is 18.6. The van der Waals surface area contributed by atoms with Crippen LogP contribution in [0.3, 0.4) is 0 Å². The Bertz CT molecular complexity index is 1050. The fourth-order valence-electron chi connectivity index (χ4n) is 2.52. The second-order valence-electron chi connectivity index (χ2n) is 5.53. The molecule has 4 rings (SSSR count). The monoisotopic (exact) mass is 380 g/mol. The second kappa shape index (κ2) is 7.50. The molecule has 9 heteroatoms. The number of thioether (sulfide) groups is 1. The minimum atomic E-state index is 0.432. The molecule has 0 bridgehead atoms. The Balaban J connectivity index is 1.50. The van der Waals surface area contributed by atoms with Crippen LogP contribution in [0.2, 0.25) is 0 Å². The Morgan fingerprint density at radius 2 is 1.78 bits per heavy atom. The van der Waals surface area contributed by atoms with Gasteiger partial charge in [0, 0.05) is 5.56 Å². The molecule has 136 valence electrons. The molecule has 0 aliphatic heterocycles. The maximum Gasteiger partial charge on any atom is 0.247 e. The normalized spacial score (nSPS) is 10.9. The van der Waals surface area contributed by atoms with E-state index in [9.17, 15) is 0 Å². The van der Waals surface area contributed by atoms with Gasteiger partial charge in [-0.25, -0.2) is 4.68 Å². The number of hydrogen-bond donors (Lipinski definition) is 1. The summed E-state index contributed by atoms with van der Waals surface area (Å²) in [6, 6.07) is 17.1. The zero-order valence-corrected chi connectivity index (χ0v) is 15.3. The van der Waals surface area contributed by atoms with Crippen molar-refractivity contribution in [2.45, 2.75) is 10.9 Å². The number of nitrogens with zero attached hydrogens (tertiary/aromatic N) is 5. The third-order valence-corrected chi connectivity index (χ3v) is 4.75. The van der Waals surface area contributed by atoms with E-state index in [4.69, 9.17) is 15.0 Å². The minimum Gasteiger partial charge on any atom is -0.496 e. The van der Waals surface area contributed by atoms with E-state index in [0.29, 0.717) is 34.3 Å². The molecule has 8 nitrogen and oxygen atoms in total. The van der Waals surface area contributed by atoms with Crippen LogP contribution in [0.15, 0.2) is 64.2 Å². The van der Waals surface area contributed by atoms with Crippen LogP contribution in [0.25, 0.3) is 22.8 Å². The fourth-order valence-corrected chi connectivity index (χ4v) is 3.22. The van der Waals surface area contributed by atoms with Crippen molar-refractivity contribution in [3.05, 3.63) is 60.5 Å². The van der Waals surface area contributed by atoms with Crippen LogP contribution >= 0.6 is 11.8 Å². The standard InChI is InChI=1S/C18H16N6O2S/c1-25-14-10-6-5-9-13(14)16-21-23-18(24(16)19)27-11-15-20-22-17(26-15)12-7-3-2-4-8-12/h2-10H,11,19H2,1H3. The van der Waals surface area contributed by atoms with Crippen LogP contribution in [-0.4, -0.2) is 32.2 Å². The third-order valence-electron chi connectivity index (χ3n) is 3.82. The van der Waals surface area contributed by atoms with E-state index >= 15 is 0 Å². The minimum absolute atomic E-state index is 0.432. The molecule has 0 saturated carbocycles. The first kappa shape index (κ1) is 17.1. The van der Waals surface area contributed by atoms with E-state index in [1.807, 2.05) is 54.6 Å². The van der Waals surface area contributed by atoms with Gasteiger partial charge in [0.05, 0.1) is 18.4 Å². The highest BCUT2D eigenvalue weighted by Crippen LogP contribution is 2.30. The average Bonchev–Trinajstić information content (AvgIpc) is 3.34. The molecule has 2 aromatic carbocycles. The molecule has 2 heterocycles. The molecule has 0 saturated heterocycles. The third kappa shape index (κ3) is 3.49. The number of benzene rings is 2. The van der Waals surface area contributed by atoms with Gasteiger partial charge in [0.1, 0.15) is 5.75 Å². The fraction of sp³-hybridized carbons (Fsp3) is 0.111. The Labute approximate surface area is 159 Å². The van der Waals surface area contributed by atoms with E-state index in [1.165, 1.54) is 16.4 Å². The second-order valence-corrected chi connectivity index (χ2v) is 6.47. The van der Waals surface area contributed by atoms with Crippen LogP contribution in [0, 0.1) is 0 Å². The molecular formula is C18H16N6O2S. The number of ether oxygens (including phenoxy) is 1. The summed E-state index contributed by atoms with van der Waals surface area (Å²) < 4.78 is 12.5. The average molecular weight is 380 g/mol. The first-order valence-corrected chi connectivity index (χ1v) is 9.09. The van der Waals surface area contributed by atoms with E-state index in [2.05, 4.69) is 20.4 Å². The predicted molar refractivity (Wildman–Crippen MR) is 101 cm³/mol. The summed E-state index contributed by atoms with van der Waals surface area (Å²) in [5.74, 6) is 8.77. The maximum absolute atomic E-state index is 6.17. The van der Waals surface area contributed by atoms with Gasteiger partial charge in [0.15, 0.2) is 5.82 Å². The van der Waals surface area contributed by atoms with Crippen molar-refractivity contribution in [2.24, 2.45) is 0 Å². The van der Waals surface area contributed by atoms with Crippen molar-refractivity contribution in [3.8, 4) is 28.6 Å². The number of nitrogens with two attached hydrogens (primary N) is 1. The molecule has 0 unspecified atom stereocenters. The molecule has 0 fully saturated rings. The highest BCUT2D eigenvalue weighted by molar-refractivity contribution is 7.98. The van der Waals surface area contributed by atoms with Gasteiger partial charge in [0.2, 0.25) is 16.9 Å². The first-order valence-electron chi connectivity index (χ1n) is 8.10. The summed E-state index contributed by atoms with van der Waals surface area (Å²) >= 11 is 1.36. The van der Waals surface area contributed by atoms with E-state index in [-0.39, 0.29) is 0 Å². The smallest absolute Gasteiger partial charge is 0.247 e. The van der Waals surface area contributed by atoms with Crippen LogP contribution in [0.4, 0.5) is 0 Å². The summed E-state index contributed by atoms with van der Waals surface area (Å²) in [4.78, 5) is 0. The Morgan fingerprint density at radius 3 is 2.59 bits per heavy atom. The summed E-state index contributed by atoms with van der Waals surface area (Å²) in [7, 11) is 1.60. The van der Waals surface area contributed by atoms with Crippen molar-refractivity contribution in [3.63, 3.8) is 0 Å². The van der Waals surface area contributed by atoms with Crippen molar-refractivity contribution in [1.29, 1.82) is 0 Å². The van der Waals surface area contributed by atoms with Crippen LogP contribution in [-0.2, 0) is 5.75 Å². The Kier molecular flexibility index (Phi) is 4.75. The molecule has 4 aromatic rings. The lowest BCUT2D eigenvalue weighted by Gasteiger charge is -2.07. The van der Waals surface area contributed by atoms with Gasteiger partial charge < -0.3 is 15.0 Å². The number of methoxy groups -OCH3 is 1. The first-order chi connectivity index (χ1) is 13.3. The van der Waals surface area contributed by atoms with Gasteiger partial charge in [-0.15, -0.1) is 20.4 Å². The lowest BCUT2D eigenvalue weighted by Crippen LogP contribution is -2.12. The summed E-state index contributed by atoms with van der Waals surface area (Å²) in [5.41, 5.74) is 1.65. The van der Waals surface area contributed by atoms with Crippen LogP contribution < -0.4 is 10.6 Å². The molecule has 0 spiro atoms. The van der Waals surface area contributed by atoms with Gasteiger partial charge in [-0.1, -0.05) is 42.1 Å². The lowest BCUT2D eigenvalue weighted by atomic mass is 10.2. The molecule has 0 amide bonds. The molecule has 0 aliphatic rings. The predicted octanol–water partition coefficient (Wildman–Crippen LogP) is 3.01. The molecule has 0 atom stereocenters. The molecule has 0 radical (unpaired) electrons. The molecule has 2 N–H and O–H groups in total. The lowest BCUT2D eigenvalue weighted by molar-refractivity contribution is 0.416. The molecular weight excluding hydrogens is 364 g/mol. The SMILES string of the molecule is COc1ccccc1-c1nnc(SCc2nnc(-c3ccccc3)o2)n1N. The van der Waals surface area contributed by atoms with E-state index in [0.717, 1.165) is 11.1 Å². The van der Waals surface area contributed by atoms with Crippen LogP contribution in [0.1, 0.15) is 5.89 Å². The number of hydrogen-bond acceptors (Lipinski definition) is 8. The maximum atomic E-state index is 6.17. The number of aromatic nitrogens is 5. The van der Waals surface area contributed by atoms with Crippen LogP contribution in [0.5, 0.6) is 5.75 Å². The largest absolute Gasteiger partial charge is 0.496 e. The van der Waals surface area contributed by atoms with Gasteiger partial charge in [-0.3, -0.25) is 0 Å². The van der Waals surface area contributed by atoms with Gasteiger partial charge in [0.25, 0.3) is 0 Å². The highest BCUT2D eigenvalue weighted by atomic mass is 32.2. The summed E-state index contributed by atoms with van der Waals surface area (Å²) in [5, 5.41) is 17.0. The zero-order valence-electron chi connectivity index (χ0n) is 14.4. The number of rotatable bonds is 6. The number of nitrogen functional groups attached to an aromatic ring is 1. The topological polar surface area (TPSA) is 105 Å². The summed E-state index contributed by atoms with van der Waals surface area (Å²) in [6.45, 7) is 0. The van der Waals surface area contributed by atoms with Crippen molar-refractivity contribution < 1.29 is 9.15 Å². The van der Waals surface area contributed by atoms with Crippen molar-refractivity contribution >= 4 is 11.8 Å². The molecule has 2 aromatic heterocycles. The Morgan fingerprint density at radius 1 is 1.00 bits per heavy atom. The highest BCUT2D eigenvalue weighted by Gasteiger charge is 2.17. The Hall–Kier alpha value is -3.33. The summed E-state index contributed by atoms with van der Waals surface area (Å²) in [6.07, 6.45) is 0. The van der Waals surface area contributed by atoms with Gasteiger partial charge in [-0.05, 0) is 24.3 Å². The van der Waals surface area contributed by atoms with Crippen molar-refractivity contribution in [2.75, 3.05) is 13.0 Å². The van der Waals surface area contributed by atoms with Crippen molar-refractivity contribution in [1.82, 2.24) is 25.1 Å². The number of para-hydroxylation sites is 1.